The van der Waals surface area contributed by atoms with Crippen molar-refractivity contribution >= 4 is 37.7 Å². The molecule has 1 heterocycles. The van der Waals surface area contributed by atoms with E-state index in [0.717, 1.165) is 28.1 Å². The Labute approximate surface area is 288 Å². The maximum absolute atomic E-state index is 14.8. The molecule has 7 aromatic rings. The van der Waals surface area contributed by atoms with Crippen molar-refractivity contribution in [1.29, 1.82) is 0 Å². The predicted octanol–water partition coefficient (Wildman–Crippen LogP) is 13.0. The monoisotopic (exact) mass is 651 g/mol. The summed E-state index contributed by atoms with van der Waals surface area (Å²) in [5.41, 5.74) is 6.75. The van der Waals surface area contributed by atoms with Gasteiger partial charge in [-0.25, -0.2) is 4.39 Å². The molecule has 1 unspecified atom stereocenters. The van der Waals surface area contributed by atoms with Crippen LogP contribution >= 0.6 is 10.0 Å². The highest BCUT2D eigenvalue weighted by atomic mass is 32.3. The van der Waals surface area contributed by atoms with Crippen molar-refractivity contribution in [3.05, 3.63) is 199 Å². The van der Waals surface area contributed by atoms with E-state index in [1.54, 1.807) is 12.2 Å². The van der Waals surface area contributed by atoms with Gasteiger partial charge in [-0.15, -0.1) is 10.0 Å². The van der Waals surface area contributed by atoms with Gasteiger partial charge in [-0.05, 0) is 113 Å². The molecule has 9 rings (SSSR count). The minimum Gasteiger partial charge on any atom is -0.333 e. The third-order valence-electron chi connectivity index (χ3n) is 9.89. The lowest BCUT2D eigenvalue weighted by molar-refractivity contribution is 0.646. The fourth-order valence-corrected chi connectivity index (χ4v) is 11.7. The summed E-state index contributed by atoms with van der Waals surface area (Å²) in [5, 5.41) is 2.34. The molecule has 0 amide bonds. The Balaban J connectivity index is 1.21. The molecule has 1 nitrogen and oxygen atoms in total. The third kappa shape index (κ3) is 4.84. The van der Waals surface area contributed by atoms with Gasteiger partial charge in [0.15, 0.2) is 0 Å². The number of allylic oxidation sites excluding steroid dienone is 2. The number of nitrogens with zero attached hydrogens (tertiary/aromatic N) is 1. The first-order chi connectivity index (χ1) is 24.2. The van der Waals surface area contributed by atoms with Crippen LogP contribution < -0.4 is 4.90 Å². The van der Waals surface area contributed by atoms with E-state index in [1.807, 2.05) is 0 Å². The van der Waals surface area contributed by atoms with E-state index in [4.69, 9.17) is 0 Å². The second-order valence-corrected chi connectivity index (χ2v) is 15.7. The molecule has 0 bridgehead atoms. The molecule has 0 saturated heterocycles. The van der Waals surface area contributed by atoms with Crippen molar-refractivity contribution in [2.24, 2.45) is 0 Å². The average molecular weight is 652 g/mol. The summed E-state index contributed by atoms with van der Waals surface area (Å²) in [5.74, 6) is -0.154. The van der Waals surface area contributed by atoms with Crippen molar-refractivity contribution in [2.45, 2.75) is 32.0 Å². The molecule has 1 atom stereocenters. The molecule has 0 spiro atoms. The van der Waals surface area contributed by atoms with Crippen LogP contribution in [0.3, 0.4) is 0 Å². The minimum absolute atomic E-state index is 0.0354. The van der Waals surface area contributed by atoms with Gasteiger partial charge in [0.2, 0.25) is 0 Å². The van der Waals surface area contributed by atoms with E-state index in [1.165, 1.54) is 35.9 Å². The molecule has 0 saturated carbocycles. The second-order valence-electron chi connectivity index (χ2n) is 12.6. The molecule has 0 fully saturated rings. The Bertz CT molecular complexity index is 2280. The molecule has 1 aliphatic heterocycles. The number of benzene rings is 7. The van der Waals surface area contributed by atoms with Crippen LogP contribution in [0, 0.1) is 0 Å². The molecular formula is C46H34FNS. The molecule has 7 aromatic carbocycles. The van der Waals surface area contributed by atoms with Crippen molar-refractivity contribution in [2.75, 3.05) is 4.90 Å². The highest BCUT2D eigenvalue weighted by molar-refractivity contribution is 8.34. The van der Waals surface area contributed by atoms with Crippen molar-refractivity contribution in [3.8, 4) is 11.1 Å². The van der Waals surface area contributed by atoms with Crippen LogP contribution in [0.5, 0.6) is 0 Å². The minimum atomic E-state index is -1.81. The summed E-state index contributed by atoms with van der Waals surface area (Å²) in [6, 6.07) is 63.8. The van der Waals surface area contributed by atoms with Gasteiger partial charge in [0.25, 0.3) is 0 Å². The van der Waals surface area contributed by atoms with Gasteiger partial charge >= 0.3 is 0 Å². The molecule has 0 N–H and O–H groups in total. The van der Waals surface area contributed by atoms with E-state index in [9.17, 15) is 4.39 Å². The zero-order valence-electron chi connectivity index (χ0n) is 26.9. The third-order valence-corrected chi connectivity index (χ3v) is 13.8. The van der Waals surface area contributed by atoms with Gasteiger partial charge in [0, 0.05) is 36.5 Å². The van der Waals surface area contributed by atoms with E-state index in [0.29, 0.717) is 6.42 Å². The topological polar surface area (TPSA) is 3.24 Å². The zero-order valence-corrected chi connectivity index (χ0v) is 27.7. The predicted molar refractivity (Wildman–Crippen MR) is 204 cm³/mol. The Kier molecular flexibility index (Phi) is 7.29. The summed E-state index contributed by atoms with van der Waals surface area (Å²) in [4.78, 5) is 7.61. The standard InChI is InChI=1S/C46H34FNS/c47-36-27-29-44-43(32-36)46-42-25-11-10-14-33(42)26-28-45(46)48(44)37-17-12-15-34(30-37)35-16-13-24-41(31-35)49(38-18-4-1-5-19-38,39-20-6-2-7-21-39)40-22-8-3-9-23-40/h1-28,30-32,44H,29H2. The van der Waals surface area contributed by atoms with Gasteiger partial charge in [0.05, 0.1) is 6.04 Å². The average Bonchev–Trinajstić information content (AvgIpc) is 3.51. The first-order valence-electron chi connectivity index (χ1n) is 16.8. The molecule has 0 radical (unpaired) electrons. The lowest BCUT2D eigenvalue weighted by atomic mass is 9.92. The van der Waals surface area contributed by atoms with Gasteiger partial charge in [-0.2, -0.15) is 0 Å². The molecule has 0 aromatic heterocycles. The van der Waals surface area contributed by atoms with Crippen molar-refractivity contribution in [1.82, 2.24) is 0 Å². The highest BCUT2D eigenvalue weighted by Gasteiger charge is 2.37. The van der Waals surface area contributed by atoms with Crippen molar-refractivity contribution in [3.63, 3.8) is 0 Å². The first-order valence-corrected chi connectivity index (χ1v) is 18.4. The number of halogens is 1. The molecule has 1 aliphatic carbocycles. The van der Waals surface area contributed by atoms with Crippen LogP contribution in [0.1, 0.15) is 12.0 Å². The number of hydrogen-bond donors (Lipinski definition) is 0. The summed E-state index contributed by atoms with van der Waals surface area (Å²) in [7, 11) is -1.81. The van der Waals surface area contributed by atoms with Gasteiger partial charge in [-0.1, -0.05) is 109 Å². The maximum Gasteiger partial charge on any atom is 0.119 e. The Morgan fingerprint density at radius 3 is 1.78 bits per heavy atom. The van der Waals surface area contributed by atoms with Crippen LogP contribution in [0.2, 0.25) is 0 Å². The summed E-state index contributed by atoms with van der Waals surface area (Å²) in [6.45, 7) is 0. The van der Waals surface area contributed by atoms with Crippen molar-refractivity contribution < 1.29 is 4.39 Å². The van der Waals surface area contributed by atoms with Gasteiger partial charge < -0.3 is 4.90 Å². The largest absolute Gasteiger partial charge is 0.333 e. The molecule has 49 heavy (non-hydrogen) atoms. The SMILES string of the molecule is FC1=CCC2C(=C1)c1c(ccc3ccccc13)N2c1cccc(-c2cccc(S(c3ccccc3)(c3ccccc3)c3ccccc3)c2)c1. The number of hydrogen-bond acceptors (Lipinski definition) is 1. The maximum atomic E-state index is 14.8. The number of anilines is 2. The Hall–Kier alpha value is -5.64. The number of rotatable bonds is 6. The van der Waals surface area contributed by atoms with Gasteiger partial charge in [-0.3, -0.25) is 0 Å². The lowest BCUT2D eigenvalue weighted by Gasteiger charge is -2.42. The van der Waals surface area contributed by atoms with E-state index >= 15 is 0 Å². The summed E-state index contributed by atoms with van der Waals surface area (Å²) < 4.78 is 14.8. The molecule has 3 heteroatoms. The van der Waals surface area contributed by atoms with E-state index in [-0.39, 0.29) is 11.9 Å². The molecular weight excluding hydrogens is 618 g/mol. The van der Waals surface area contributed by atoms with Crippen LogP contribution in [0.4, 0.5) is 15.8 Å². The van der Waals surface area contributed by atoms with Crippen LogP contribution in [0.15, 0.2) is 213 Å². The normalized spacial score (nSPS) is 15.7. The quantitative estimate of drug-likeness (QED) is 0.173. The Morgan fingerprint density at radius 1 is 0.531 bits per heavy atom. The Morgan fingerprint density at radius 2 is 1.10 bits per heavy atom. The van der Waals surface area contributed by atoms with Gasteiger partial charge in [0.1, 0.15) is 5.83 Å². The second kappa shape index (κ2) is 12.1. The molecule has 236 valence electrons. The fraction of sp³-hybridized carbons (Fsp3) is 0.0435. The smallest absolute Gasteiger partial charge is 0.119 e. The van der Waals surface area contributed by atoms with Crippen LogP contribution in [-0.4, -0.2) is 6.04 Å². The molecule has 2 aliphatic rings. The zero-order chi connectivity index (χ0) is 32.8. The van der Waals surface area contributed by atoms with Crippen LogP contribution in [-0.2, 0) is 0 Å². The van der Waals surface area contributed by atoms with E-state index in [2.05, 4.69) is 181 Å². The number of fused-ring (bicyclic) bond motifs is 5. The lowest BCUT2D eigenvalue weighted by Crippen LogP contribution is -2.27. The first kappa shape index (κ1) is 29.5. The summed E-state index contributed by atoms with van der Waals surface area (Å²) in [6.07, 6.45) is 4.09. The van der Waals surface area contributed by atoms with E-state index < -0.39 is 10.0 Å². The van der Waals surface area contributed by atoms with Crippen LogP contribution in [0.25, 0.3) is 27.5 Å². The summed E-state index contributed by atoms with van der Waals surface area (Å²) >= 11 is 0. The highest BCUT2D eigenvalue weighted by Crippen LogP contribution is 2.73. The fourth-order valence-electron chi connectivity index (χ4n) is 7.78.